The van der Waals surface area contributed by atoms with E-state index in [-0.39, 0.29) is 21.9 Å². The van der Waals surface area contributed by atoms with Crippen LogP contribution in [0.2, 0.25) is 0 Å². The summed E-state index contributed by atoms with van der Waals surface area (Å²) in [5.41, 5.74) is 2.15. The van der Waals surface area contributed by atoms with Crippen LogP contribution in [0.15, 0.2) is 65.2 Å². The first-order valence-corrected chi connectivity index (χ1v) is 7.90. The van der Waals surface area contributed by atoms with E-state index in [1.165, 1.54) is 18.2 Å². The molecule has 11 heteroatoms. The molecule has 0 aromatic heterocycles. The van der Waals surface area contributed by atoms with E-state index in [1.54, 1.807) is 6.08 Å². The molecule has 0 saturated carbocycles. The van der Waals surface area contributed by atoms with Crippen molar-refractivity contribution in [2.45, 2.75) is 4.90 Å². The van der Waals surface area contributed by atoms with Gasteiger partial charge in [0.1, 0.15) is 0 Å². The predicted octanol–water partition coefficient (Wildman–Crippen LogP) is 0.622. The second kappa shape index (κ2) is 7.14. The molecule has 0 spiro atoms. The van der Waals surface area contributed by atoms with Crippen molar-refractivity contribution in [2.24, 2.45) is 0 Å². The quantitative estimate of drug-likeness (QED) is 0.515. The maximum Gasteiger partial charge on any atom is 0.257 e. The van der Waals surface area contributed by atoms with Crippen molar-refractivity contribution in [3.05, 3.63) is 76.0 Å². The number of hydrogen-bond donors (Lipinski definition) is 3. The molecule has 1 aromatic rings. The van der Waals surface area contributed by atoms with E-state index in [0.29, 0.717) is 0 Å². The molecule has 0 aliphatic heterocycles. The van der Waals surface area contributed by atoms with Gasteiger partial charge in [0, 0.05) is 12.3 Å². The number of allylic oxidation sites excluding steroid dienone is 5. The Morgan fingerprint density at radius 1 is 1.12 bits per heavy atom. The summed E-state index contributed by atoms with van der Waals surface area (Å²) in [6.45, 7) is 0. The molecule has 1 aliphatic rings. The molecule has 2 rings (SSSR count). The van der Waals surface area contributed by atoms with Gasteiger partial charge in [-0.15, -0.1) is 4.83 Å². The lowest BCUT2D eigenvalue weighted by Crippen LogP contribution is -2.34. The minimum atomic E-state index is -3.97. The van der Waals surface area contributed by atoms with Crippen molar-refractivity contribution >= 4 is 21.4 Å². The molecule has 0 fully saturated rings. The third kappa shape index (κ3) is 4.11. The van der Waals surface area contributed by atoms with Gasteiger partial charge in [-0.1, -0.05) is 12.2 Å². The third-order valence-corrected chi connectivity index (χ3v) is 4.20. The van der Waals surface area contributed by atoms with Crippen LogP contribution >= 0.6 is 0 Å². The second-order valence-electron chi connectivity index (χ2n) is 4.48. The van der Waals surface area contributed by atoms with Gasteiger partial charge in [0.2, 0.25) is 5.71 Å². The highest BCUT2D eigenvalue weighted by atomic mass is 32.2. The predicted molar refractivity (Wildman–Crippen MR) is 85.9 cm³/mol. The van der Waals surface area contributed by atoms with Gasteiger partial charge in [-0.3, -0.25) is 5.21 Å². The van der Waals surface area contributed by atoms with Gasteiger partial charge in [-0.2, -0.15) is 4.90 Å². The number of nitrogens with zero attached hydrogens (tertiary/aromatic N) is 2. The smallest absolute Gasteiger partial charge is 0.257 e. The van der Waals surface area contributed by atoms with Crippen LogP contribution in [0.4, 0.5) is 5.69 Å². The first kappa shape index (κ1) is 17.5. The topological polar surface area (TPSA) is 154 Å². The third-order valence-electron chi connectivity index (χ3n) is 2.92. The number of sulfonamides is 1. The molecule has 0 heterocycles. The van der Waals surface area contributed by atoms with Crippen molar-refractivity contribution in [2.75, 3.05) is 5.23 Å². The molecule has 1 aromatic carbocycles. The molecule has 0 saturated heterocycles. The van der Waals surface area contributed by atoms with Crippen LogP contribution in [0, 0.1) is 15.6 Å². The summed E-state index contributed by atoms with van der Waals surface area (Å²) < 4.78 is 24.1. The minimum Gasteiger partial charge on any atom is -0.733 e. The van der Waals surface area contributed by atoms with Crippen molar-refractivity contribution in [1.29, 1.82) is 0 Å². The van der Waals surface area contributed by atoms with E-state index < -0.39 is 20.2 Å². The van der Waals surface area contributed by atoms with Crippen LogP contribution in [0.5, 0.6) is 0 Å². The van der Waals surface area contributed by atoms with E-state index in [0.717, 1.165) is 30.5 Å². The molecule has 128 valence electrons. The van der Waals surface area contributed by atoms with Crippen LogP contribution in [0.3, 0.4) is 0 Å². The van der Waals surface area contributed by atoms with E-state index in [4.69, 9.17) is 5.21 Å². The van der Waals surface area contributed by atoms with Crippen molar-refractivity contribution in [1.82, 2.24) is 10.3 Å². The van der Waals surface area contributed by atoms with Gasteiger partial charge in [-0.05, 0) is 30.3 Å². The largest absolute Gasteiger partial charge is 0.733 e. The lowest BCUT2D eigenvalue weighted by atomic mass is 10.1. The Hall–Kier alpha value is -2.86. The number of anilines is 1. The van der Waals surface area contributed by atoms with Crippen LogP contribution in [-0.4, -0.2) is 24.2 Å². The first-order valence-electron chi connectivity index (χ1n) is 6.41. The van der Waals surface area contributed by atoms with Crippen molar-refractivity contribution in [3.8, 4) is 0 Å². The minimum absolute atomic E-state index is 0.131. The Kier molecular flexibility index (Phi) is 5.21. The fourth-order valence-corrected chi connectivity index (χ4v) is 2.60. The van der Waals surface area contributed by atoms with Gasteiger partial charge in [-0.25, -0.2) is 8.42 Å². The van der Waals surface area contributed by atoms with Crippen molar-refractivity contribution < 1.29 is 18.5 Å². The fourth-order valence-electron chi connectivity index (χ4n) is 1.77. The zero-order valence-electron chi connectivity index (χ0n) is 12.0. The molecule has 10 nitrogen and oxygen atoms in total. The fraction of sp³-hybridized carbons (Fsp3) is 0. The average molecular weight is 352 g/mol. The second-order valence-corrected chi connectivity index (χ2v) is 6.16. The molecule has 0 amide bonds. The Balaban J connectivity index is 2.10. The molecule has 0 radical (unpaired) electrons. The molecule has 0 unspecified atom stereocenters. The van der Waals surface area contributed by atoms with Crippen LogP contribution < -0.4 is 15.5 Å². The monoisotopic (exact) mass is 352 g/mol. The zero-order valence-corrected chi connectivity index (χ0v) is 12.8. The van der Waals surface area contributed by atoms with Crippen molar-refractivity contribution in [3.63, 3.8) is 0 Å². The summed E-state index contributed by atoms with van der Waals surface area (Å²) in [7, 11) is -3.97. The van der Waals surface area contributed by atoms with Gasteiger partial charge in [0.25, 0.3) is 10.0 Å². The summed E-state index contributed by atoms with van der Waals surface area (Å²) in [5.74, 6) is 0. The summed E-state index contributed by atoms with van der Waals surface area (Å²) in [6.07, 6.45) is 6.92. The molecule has 1 aliphatic carbocycles. The maximum absolute atomic E-state index is 12.0. The molecular formula is C13H12N4O6S-2. The maximum atomic E-state index is 12.0. The molecule has 0 atom stereocenters. The van der Waals surface area contributed by atoms with Gasteiger partial charge >= 0.3 is 0 Å². The van der Waals surface area contributed by atoms with Gasteiger partial charge in [0.15, 0.2) is 0 Å². The van der Waals surface area contributed by atoms with E-state index in [2.05, 4.69) is 5.43 Å². The number of hydrazine groups is 1. The number of benzene rings is 1. The summed E-state index contributed by atoms with van der Waals surface area (Å²) in [6, 6.07) is 4.47. The Morgan fingerprint density at radius 2 is 1.75 bits per heavy atom. The Morgan fingerprint density at radius 3 is 2.33 bits per heavy atom. The van der Waals surface area contributed by atoms with Gasteiger partial charge < -0.3 is 26.3 Å². The standard InChI is InChI=1S/C13H12N4O6S/c18-16(19)11-5-7-12(8-6-11)24(22,23)15-14-9-10-3-1-2-4-13(10)17(20)21/h1-9,14-15,18H/q-2. The van der Waals surface area contributed by atoms with Crippen LogP contribution in [0.1, 0.15) is 0 Å². The lowest BCUT2D eigenvalue weighted by Gasteiger charge is -2.21. The molecular weight excluding hydrogens is 340 g/mol. The SMILES string of the molecule is O=S(=O)(NNC=C1C=CC=CC1=[N+]([O-])[O-])c1ccc(N([O-])O)cc1. The van der Waals surface area contributed by atoms with Crippen LogP contribution in [0.25, 0.3) is 0 Å². The highest BCUT2D eigenvalue weighted by Crippen LogP contribution is 2.15. The summed E-state index contributed by atoms with van der Waals surface area (Å²) in [4.78, 5) is 1.27. The Labute approximate surface area is 137 Å². The molecule has 3 N–H and O–H groups in total. The number of hydrogen-bond acceptors (Lipinski definition) is 8. The normalized spacial score (nSPS) is 15.6. The van der Waals surface area contributed by atoms with E-state index in [1.807, 2.05) is 4.83 Å². The van der Waals surface area contributed by atoms with E-state index >= 15 is 0 Å². The van der Waals surface area contributed by atoms with E-state index in [9.17, 15) is 24.0 Å². The lowest BCUT2D eigenvalue weighted by molar-refractivity contribution is -0.377. The highest BCUT2D eigenvalue weighted by molar-refractivity contribution is 7.89. The summed E-state index contributed by atoms with van der Waals surface area (Å²) in [5, 5.41) is 40.7. The average Bonchev–Trinajstić information content (AvgIpc) is 2.55. The zero-order chi connectivity index (χ0) is 17.7. The highest BCUT2D eigenvalue weighted by Gasteiger charge is 2.14. The molecule has 24 heavy (non-hydrogen) atoms. The Bertz CT molecular complexity index is 821. The van der Waals surface area contributed by atoms with Gasteiger partial charge in [0.05, 0.1) is 16.2 Å². The summed E-state index contributed by atoms with van der Waals surface area (Å²) >= 11 is 0. The first-order chi connectivity index (χ1) is 11.3. The number of nitrogens with one attached hydrogen (secondary N) is 2. The molecule has 0 bridgehead atoms. The van der Waals surface area contributed by atoms with Crippen LogP contribution in [-0.2, 0) is 10.0 Å². The number of rotatable bonds is 5.